The highest BCUT2D eigenvalue weighted by atomic mass is 32.2. The molecule has 2 aliphatic heterocycles. The van der Waals surface area contributed by atoms with E-state index in [-0.39, 0.29) is 0 Å². The quantitative estimate of drug-likeness (QED) is 0.915. The van der Waals surface area contributed by atoms with E-state index in [1.54, 1.807) is 0 Å². The maximum Gasteiger partial charge on any atom is 0.0369 e. The summed E-state index contributed by atoms with van der Waals surface area (Å²) in [5, 5.41) is 3.64. The SMILES string of the molecule is Cc1cccc(N2CCN(CC3CSCCN3)CC2)c1. The summed E-state index contributed by atoms with van der Waals surface area (Å²) in [6, 6.07) is 9.57. The van der Waals surface area contributed by atoms with Crippen molar-refractivity contribution in [2.24, 2.45) is 0 Å². The lowest BCUT2D eigenvalue weighted by Gasteiger charge is -2.38. The summed E-state index contributed by atoms with van der Waals surface area (Å²) in [6.07, 6.45) is 0. The number of hydrogen-bond acceptors (Lipinski definition) is 4. The van der Waals surface area contributed by atoms with Crippen LogP contribution >= 0.6 is 11.8 Å². The smallest absolute Gasteiger partial charge is 0.0369 e. The average molecular weight is 291 g/mol. The number of rotatable bonds is 3. The van der Waals surface area contributed by atoms with E-state index >= 15 is 0 Å². The van der Waals surface area contributed by atoms with Crippen LogP contribution in [0.25, 0.3) is 0 Å². The van der Waals surface area contributed by atoms with Gasteiger partial charge in [-0.25, -0.2) is 0 Å². The molecule has 4 heteroatoms. The Balaban J connectivity index is 1.49. The molecule has 0 aromatic heterocycles. The first-order valence-electron chi connectivity index (χ1n) is 7.66. The van der Waals surface area contributed by atoms with E-state index in [1.807, 2.05) is 0 Å². The van der Waals surface area contributed by atoms with Crippen molar-refractivity contribution < 1.29 is 0 Å². The van der Waals surface area contributed by atoms with Gasteiger partial charge in [-0.3, -0.25) is 4.90 Å². The maximum absolute atomic E-state index is 3.64. The highest BCUT2D eigenvalue weighted by Crippen LogP contribution is 2.18. The van der Waals surface area contributed by atoms with Crippen LogP contribution in [0.3, 0.4) is 0 Å². The number of nitrogens with one attached hydrogen (secondary N) is 1. The summed E-state index contributed by atoms with van der Waals surface area (Å²) in [6.45, 7) is 9.26. The number of thioether (sulfide) groups is 1. The molecule has 3 rings (SSSR count). The number of nitrogens with zero attached hydrogens (tertiary/aromatic N) is 2. The molecule has 3 nitrogen and oxygen atoms in total. The lowest BCUT2D eigenvalue weighted by atomic mass is 10.2. The molecule has 0 spiro atoms. The summed E-state index contributed by atoms with van der Waals surface area (Å²) >= 11 is 2.09. The van der Waals surface area contributed by atoms with Gasteiger partial charge in [-0.2, -0.15) is 11.8 Å². The summed E-state index contributed by atoms with van der Waals surface area (Å²) in [5.74, 6) is 2.55. The predicted octanol–water partition coefficient (Wildman–Crippen LogP) is 1.82. The summed E-state index contributed by atoms with van der Waals surface area (Å²) < 4.78 is 0. The molecular formula is C16H25N3S. The van der Waals surface area contributed by atoms with E-state index in [0.29, 0.717) is 6.04 Å². The molecule has 0 bridgehead atoms. The minimum atomic E-state index is 0.694. The molecule has 20 heavy (non-hydrogen) atoms. The molecular weight excluding hydrogens is 266 g/mol. The van der Waals surface area contributed by atoms with Crippen LogP contribution in [-0.2, 0) is 0 Å². The standard InChI is InChI=1S/C16H25N3S/c1-14-3-2-4-16(11-14)19-8-6-18(7-9-19)12-15-13-20-10-5-17-15/h2-4,11,15,17H,5-10,12-13H2,1H3. The van der Waals surface area contributed by atoms with Crippen LogP contribution < -0.4 is 10.2 Å². The largest absolute Gasteiger partial charge is 0.369 e. The molecule has 0 amide bonds. The summed E-state index contributed by atoms with van der Waals surface area (Å²) in [7, 11) is 0. The van der Waals surface area contributed by atoms with E-state index in [0.717, 1.165) is 13.1 Å². The topological polar surface area (TPSA) is 18.5 Å². The molecule has 1 N–H and O–H groups in total. The van der Waals surface area contributed by atoms with Crippen molar-refractivity contribution in [2.75, 3.05) is 55.7 Å². The molecule has 1 atom stereocenters. The molecule has 1 aromatic rings. The van der Waals surface area contributed by atoms with Crippen molar-refractivity contribution in [3.63, 3.8) is 0 Å². The Labute approximate surface area is 126 Å². The molecule has 110 valence electrons. The van der Waals surface area contributed by atoms with E-state index in [1.165, 1.54) is 48.9 Å². The van der Waals surface area contributed by atoms with Crippen LogP contribution in [0.5, 0.6) is 0 Å². The third kappa shape index (κ3) is 3.68. The highest BCUT2D eigenvalue weighted by molar-refractivity contribution is 7.99. The first-order chi connectivity index (χ1) is 9.81. The van der Waals surface area contributed by atoms with Crippen LogP contribution in [0, 0.1) is 6.92 Å². The molecule has 0 radical (unpaired) electrons. The van der Waals surface area contributed by atoms with Gasteiger partial charge >= 0.3 is 0 Å². The second kappa shape index (κ2) is 6.83. The van der Waals surface area contributed by atoms with E-state index in [9.17, 15) is 0 Å². The monoisotopic (exact) mass is 291 g/mol. The van der Waals surface area contributed by atoms with Crippen LogP contribution in [-0.4, -0.2) is 61.7 Å². The number of hydrogen-bond donors (Lipinski definition) is 1. The van der Waals surface area contributed by atoms with Crippen molar-refractivity contribution in [2.45, 2.75) is 13.0 Å². The van der Waals surface area contributed by atoms with E-state index < -0.39 is 0 Å². The normalized spacial score (nSPS) is 24.9. The first kappa shape index (κ1) is 14.2. The fraction of sp³-hybridized carbons (Fsp3) is 0.625. The molecule has 1 aromatic carbocycles. The van der Waals surface area contributed by atoms with Gasteiger partial charge in [0.25, 0.3) is 0 Å². The molecule has 0 aliphatic carbocycles. The Morgan fingerprint density at radius 3 is 2.80 bits per heavy atom. The zero-order chi connectivity index (χ0) is 13.8. The lowest BCUT2D eigenvalue weighted by Crippen LogP contribution is -2.52. The van der Waals surface area contributed by atoms with Crippen molar-refractivity contribution in [3.8, 4) is 0 Å². The zero-order valence-corrected chi connectivity index (χ0v) is 13.2. The van der Waals surface area contributed by atoms with Crippen LogP contribution in [0.1, 0.15) is 5.56 Å². The van der Waals surface area contributed by atoms with Gasteiger partial charge in [0.05, 0.1) is 0 Å². The summed E-state index contributed by atoms with van der Waals surface area (Å²) in [4.78, 5) is 5.14. The second-order valence-electron chi connectivity index (χ2n) is 5.85. The summed E-state index contributed by atoms with van der Waals surface area (Å²) in [5.41, 5.74) is 2.74. The van der Waals surface area contributed by atoms with Crippen molar-refractivity contribution in [1.82, 2.24) is 10.2 Å². The van der Waals surface area contributed by atoms with Gasteiger partial charge in [-0.1, -0.05) is 12.1 Å². The number of benzene rings is 1. The number of piperazine rings is 1. The predicted molar refractivity (Wildman–Crippen MR) is 88.9 cm³/mol. The third-order valence-corrected chi connectivity index (χ3v) is 5.35. The Morgan fingerprint density at radius 1 is 1.25 bits per heavy atom. The average Bonchev–Trinajstić information content (AvgIpc) is 2.49. The zero-order valence-electron chi connectivity index (χ0n) is 12.3. The Bertz CT molecular complexity index is 423. The van der Waals surface area contributed by atoms with E-state index in [4.69, 9.17) is 0 Å². The van der Waals surface area contributed by atoms with Gasteiger partial charge in [-0.15, -0.1) is 0 Å². The number of aryl methyl sites for hydroxylation is 1. The van der Waals surface area contributed by atoms with Gasteiger partial charge < -0.3 is 10.2 Å². The van der Waals surface area contributed by atoms with Crippen molar-refractivity contribution in [1.29, 1.82) is 0 Å². The molecule has 1 unspecified atom stereocenters. The lowest BCUT2D eigenvalue weighted by molar-refractivity contribution is 0.235. The molecule has 2 aliphatic rings. The Morgan fingerprint density at radius 2 is 2.10 bits per heavy atom. The third-order valence-electron chi connectivity index (χ3n) is 4.22. The molecule has 2 fully saturated rings. The molecule has 0 saturated carbocycles. The highest BCUT2D eigenvalue weighted by Gasteiger charge is 2.21. The minimum absolute atomic E-state index is 0.694. The van der Waals surface area contributed by atoms with Gasteiger partial charge in [0, 0.05) is 62.5 Å². The van der Waals surface area contributed by atoms with Gasteiger partial charge in [0.2, 0.25) is 0 Å². The first-order valence-corrected chi connectivity index (χ1v) is 8.82. The Kier molecular flexibility index (Phi) is 4.86. The fourth-order valence-corrected chi connectivity index (χ4v) is 4.00. The van der Waals surface area contributed by atoms with Crippen LogP contribution in [0.2, 0.25) is 0 Å². The molecule has 2 saturated heterocycles. The van der Waals surface area contributed by atoms with Crippen LogP contribution in [0.15, 0.2) is 24.3 Å². The van der Waals surface area contributed by atoms with Crippen molar-refractivity contribution >= 4 is 17.4 Å². The second-order valence-corrected chi connectivity index (χ2v) is 7.00. The minimum Gasteiger partial charge on any atom is -0.369 e. The number of anilines is 1. The van der Waals surface area contributed by atoms with E-state index in [2.05, 4.69) is 58.1 Å². The fourth-order valence-electron chi connectivity index (χ4n) is 3.06. The van der Waals surface area contributed by atoms with Gasteiger partial charge in [-0.05, 0) is 24.6 Å². The Hall–Kier alpha value is -0.710. The van der Waals surface area contributed by atoms with Gasteiger partial charge in [0.15, 0.2) is 0 Å². The molecule has 2 heterocycles. The maximum atomic E-state index is 3.64. The van der Waals surface area contributed by atoms with Crippen molar-refractivity contribution in [3.05, 3.63) is 29.8 Å². The van der Waals surface area contributed by atoms with Crippen LogP contribution in [0.4, 0.5) is 5.69 Å². The van der Waals surface area contributed by atoms with Gasteiger partial charge in [0.1, 0.15) is 0 Å².